The molecule has 0 heterocycles. The Kier molecular flexibility index (Phi) is 5.65. The number of hydrogen-bond donors (Lipinski definition) is 2. The van der Waals surface area contributed by atoms with E-state index in [2.05, 4.69) is 12.2 Å². The van der Waals surface area contributed by atoms with Crippen LogP contribution in [0.25, 0.3) is 0 Å². The van der Waals surface area contributed by atoms with Crippen molar-refractivity contribution in [3.63, 3.8) is 0 Å². The quantitative estimate of drug-likeness (QED) is 0.731. The van der Waals surface area contributed by atoms with Gasteiger partial charge in [0.25, 0.3) is 0 Å². The predicted octanol–water partition coefficient (Wildman–Crippen LogP) is 1.55. The van der Waals surface area contributed by atoms with Crippen LogP contribution in [-0.2, 0) is 0 Å². The van der Waals surface area contributed by atoms with Gasteiger partial charge in [0, 0.05) is 19.1 Å². The van der Waals surface area contributed by atoms with E-state index in [0.717, 1.165) is 13.0 Å². The third kappa shape index (κ3) is 4.51. The summed E-state index contributed by atoms with van der Waals surface area (Å²) in [6.45, 7) is 11.2. The molecule has 4 nitrogen and oxygen atoms in total. The number of carbonyl (C=O) groups excluding carboxylic acids is 1. The standard InChI is InChI=1S/C11H25N3O/c1-6-7-14(11(4,5)8-12)10(15)13-9(2)3/h9H,6-8,12H2,1-5H3,(H,13,15). The van der Waals surface area contributed by atoms with E-state index in [1.165, 1.54) is 0 Å². The van der Waals surface area contributed by atoms with Crippen LogP contribution in [-0.4, -0.2) is 35.6 Å². The molecule has 0 atom stereocenters. The Balaban J connectivity index is 4.58. The number of amides is 2. The molecule has 0 radical (unpaired) electrons. The highest BCUT2D eigenvalue weighted by molar-refractivity contribution is 5.75. The van der Waals surface area contributed by atoms with Crippen LogP contribution in [0.2, 0.25) is 0 Å². The second-order valence-electron chi connectivity index (χ2n) is 4.77. The highest BCUT2D eigenvalue weighted by Crippen LogP contribution is 2.13. The Morgan fingerprint density at radius 3 is 2.33 bits per heavy atom. The van der Waals surface area contributed by atoms with Crippen molar-refractivity contribution in [1.82, 2.24) is 10.2 Å². The molecule has 0 saturated heterocycles. The normalized spacial score (nSPS) is 11.7. The van der Waals surface area contributed by atoms with E-state index in [1.54, 1.807) is 0 Å². The average molecular weight is 215 g/mol. The molecule has 0 aromatic heterocycles. The van der Waals surface area contributed by atoms with Gasteiger partial charge in [0.15, 0.2) is 0 Å². The van der Waals surface area contributed by atoms with Crippen molar-refractivity contribution >= 4 is 6.03 Å². The van der Waals surface area contributed by atoms with Crippen LogP contribution >= 0.6 is 0 Å². The van der Waals surface area contributed by atoms with Gasteiger partial charge in [-0.1, -0.05) is 6.92 Å². The first kappa shape index (κ1) is 14.2. The Labute approximate surface area is 93.2 Å². The molecule has 0 rings (SSSR count). The zero-order valence-corrected chi connectivity index (χ0v) is 10.6. The number of nitrogens with one attached hydrogen (secondary N) is 1. The van der Waals surface area contributed by atoms with Crippen molar-refractivity contribution in [2.24, 2.45) is 5.73 Å². The maximum absolute atomic E-state index is 11.9. The van der Waals surface area contributed by atoms with Gasteiger partial charge in [0.2, 0.25) is 0 Å². The van der Waals surface area contributed by atoms with Crippen LogP contribution in [0.5, 0.6) is 0 Å². The van der Waals surface area contributed by atoms with Gasteiger partial charge in [-0.05, 0) is 34.1 Å². The van der Waals surface area contributed by atoms with Gasteiger partial charge >= 0.3 is 6.03 Å². The molecular weight excluding hydrogens is 190 g/mol. The first-order valence-corrected chi connectivity index (χ1v) is 5.63. The molecule has 15 heavy (non-hydrogen) atoms. The molecule has 0 saturated carbocycles. The van der Waals surface area contributed by atoms with Gasteiger partial charge in [0.05, 0.1) is 5.54 Å². The Morgan fingerprint density at radius 2 is 2.00 bits per heavy atom. The lowest BCUT2D eigenvalue weighted by Gasteiger charge is -2.38. The molecule has 0 unspecified atom stereocenters. The summed E-state index contributed by atoms with van der Waals surface area (Å²) < 4.78 is 0. The highest BCUT2D eigenvalue weighted by atomic mass is 16.2. The fraction of sp³-hybridized carbons (Fsp3) is 0.909. The van der Waals surface area contributed by atoms with E-state index < -0.39 is 0 Å². The number of carbonyl (C=O) groups is 1. The van der Waals surface area contributed by atoms with Crippen LogP contribution < -0.4 is 11.1 Å². The summed E-state index contributed by atoms with van der Waals surface area (Å²) in [5.74, 6) is 0. The largest absolute Gasteiger partial charge is 0.336 e. The zero-order valence-electron chi connectivity index (χ0n) is 10.6. The molecular formula is C11H25N3O. The zero-order chi connectivity index (χ0) is 12.1. The number of nitrogens with zero attached hydrogens (tertiary/aromatic N) is 1. The lowest BCUT2D eigenvalue weighted by atomic mass is 10.0. The smallest absolute Gasteiger partial charge is 0.318 e. The van der Waals surface area contributed by atoms with Gasteiger partial charge in [-0.3, -0.25) is 0 Å². The maximum atomic E-state index is 11.9. The summed E-state index contributed by atoms with van der Waals surface area (Å²) in [6.07, 6.45) is 0.939. The molecule has 0 aromatic carbocycles. The molecule has 0 aliphatic carbocycles. The Bertz CT molecular complexity index is 202. The minimum absolute atomic E-state index is 0.0256. The topological polar surface area (TPSA) is 58.4 Å². The summed E-state index contributed by atoms with van der Waals surface area (Å²) in [5, 5.41) is 2.90. The maximum Gasteiger partial charge on any atom is 0.318 e. The van der Waals surface area contributed by atoms with Crippen LogP contribution in [0.1, 0.15) is 41.0 Å². The van der Waals surface area contributed by atoms with Crippen LogP contribution in [0.3, 0.4) is 0 Å². The number of urea groups is 1. The van der Waals surface area contributed by atoms with E-state index in [9.17, 15) is 4.79 Å². The molecule has 0 aliphatic heterocycles. The van der Waals surface area contributed by atoms with Gasteiger partial charge < -0.3 is 16.0 Å². The second-order valence-corrected chi connectivity index (χ2v) is 4.77. The van der Waals surface area contributed by atoms with Crippen molar-refractivity contribution in [2.45, 2.75) is 52.6 Å². The number of hydrogen-bond acceptors (Lipinski definition) is 2. The third-order valence-electron chi connectivity index (χ3n) is 2.33. The molecule has 0 aromatic rings. The van der Waals surface area contributed by atoms with E-state index in [0.29, 0.717) is 6.54 Å². The van der Waals surface area contributed by atoms with Crippen LogP contribution in [0.4, 0.5) is 4.79 Å². The monoisotopic (exact) mass is 215 g/mol. The fourth-order valence-corrected chi connectivity index (χ4v) is 1.34. The molecule has 90 valence electrons. The Hall–Kier alpha value is -0.770. The molecule has 3 N–H and O–H groups in total. The molecule has 2 amide bonds. The number of rotatable bonds is 5. The summed E-state index contributed by atoms with van der Waals surface area (Å²) in [5.41, 5.74) is 5.40. The molecule has 0 spiro atoms. The van der Waals surface area contributed by atoms with Gasteiger partial charge in [0.1, 0.15) is 0 Å². The van der Waals surface area contributed by atoms with Crippen LogP contribution in [0, 0.1) is 0 Å². The van der Waals surface area contributed by atoms with Crippen molar-refractivity contribution in [2.75, 3.05) is 13.1 Å². The second kappa shape index (κ2) is 5.95. The SMILES string of the molecule is CCCN(C(=O)NC(C)C)C(C)(C)CN. The number of nitrogens with two attached hydrogens (primary N) is 1. The Morgan fingerprint density at radius 1 is 1.47 bits per heavy atom. The molecule has 0 aliphatic rings. The minimum Gasteiger partial charge on any atom is -0.336 e. The predicted molar refractivity (Wildman–Crippen MR) is 63.8 cm³/mol. The van der Waals surface area contributed by atoms with E-state index in [1.807, 2.05) is 32.6 Å². The fourth-order valence-electron chi connectivity index (χ4n) is 1.34. The molecule has 0 bridgehead atoms. The van der Waals surface area contributed by atoms with Crippen LogP contribution in [0.15, 0.2) is 0 Å². The summed E-state index contributed by atoms with van der Waals surface area (Å²) in [4.78, 5) is 13.7. The van der Waals surface area contributed by atoms with Crippen molar-refractivity contribution in [1.29, 1.82) is 0 Å². The van der Waals surface area contributed by atoms with Gasteiger partial charge in [-0.2, -0.15) is 0 Å². The molecule has 0 fully saturated rings. The van der Waals surface area contributed by atoms with E-state index in [4.69, 9.17) is 5.73 Å². The summed E-state index contributed by atoms with van der Waals surface area (Å²) >= 11 is 0. The lowest BCUT2D eigenvalue weighted by molar-refractivity contribution is 0.137. The summed E-state index contributed by atoms with van der Waals surface area (Å²) in [7, 11) is 0. The highest BCUT2D eigenvalue weighted by Gasteiger charge is 2.28. The third-order valence-corrected chi connectivity index (χ3v) is 2.33. The van der Waals surface area contributed by atoms with Crippen molar-refractivity contribution < 1.29 is 4.79 Å². The minimum atomic E-state index is -0.283. The average Bonchev–Trinajstić information content (AvgIpc) is 2.12. The van der Waals surface area contributed by atoms with Gasteiger partial charge in [-0.15, -0.1) is 0 Å². The van der Waals surface area contributed by atoms with Crippen molar-refractivity contribution in [3.05, 3.63) is 0 Å². The van der Waals surface area contributed by atoms with Gasteiger partial charge in [-0.25, -0.2) is 4.79 Å². The van der Waals surface area contributed by atoms with E-state index in [-0.39, 0.29) is 17.6 Å². The van der Waals surface area contributed by atoms with Crippen molar-refractivity contribution in [3.8, 4) is 0 Å². The first-order valence-electron chi connectivity index (χ1n) is 5.63. The first-order chi connectivity index (χ1) is 6.85. The summed E-state index contributed by atoms with van der Waals surface area (Å²) in [6, 6.07) is 0.132. The molecule has 4 heteroatoms. The van der Waals surface area contributed by atoms with E-state index >= 15 is 0 Å². The lowest BCUT2D eigenvalue weighted by Crippen LogP contribution is -2.56.